The highest BCUT2D eigenvalue weighted by atomic mass is 19.1. The van der Waals surface area contributed by atoms with Gasteiger partial charge >= 0.3 is 6.01 Å². The number of pyridine rings is 1. The number of anilines is 2. The number of aromatic nitrogens is 3. The molecular formula is C32H32F3N7O2. The third-order valence-corrected chi connectivity index (χ3v) is 8.95. The zero-order chi connectivity index (χ0) is 30.7. The highest BCUT2D eigenvalue weighted by Gasteiger charge is 2.36. The Labute approximate surface area is 252 Å². The first-order valence-electron chi connectivity index (χ1n) is 14.7. The van der Waals surface area contributed by atoms with Crippen LogP contribution in [0.25, 0.3) is 32.9 Å². The number of methoxy groups -OCH3 is 1. The van der Waals surface area contributed by atoms with Gasteiger partial charge in [-0.15, -0.1) is 6.42 Å². The number of piperazine rings is 1. The second kappa shape index (κ2) is 11.0. The van der Waals surface area contributed by atoms with Crippen LogP contribution < -0.4 is 25.4 Å². The smallest absolute Gasteiger partial charge is 0.319 e. The van der Waals surface area contributed by atoms with E-state index in [-0.39, 0.29) is 59.0 Å². The lowest BCUT2D eigenvalue weighted by molar-refractivity contribution is 0.188. The molecule has 0 aliphatic carbocycles. The molecule has 0 spiro atoms. The fourth-order valence-corrected chi connectivity index (χ4v) is 6.86. The molecule has 0 radical (unpaired) electrons. The maximum absolute atomic E-state index is 16.9. The average molecular weight is 604 g/mol. The summed E-state index contributed by atoms with van der Waals surface area (Å²) in [6, 6.07) is 6.24. The molecule has 228 valence electrons. The highest BCUT2D eigenvalue weighted by Crippen LogP contribution is 2.42. The number of nitrogens with zero attached hydrogens (tertiary/aromatic N) is 5. The summed E-state index contributed by atoms with van der Waals surface area (Å²) in [7, 11) is 3.27. The summed E-state index contributed by atoms with van der Waals surface area (Å²) in [5.41, 5.74) is 6.47. The van der Waals surface area contributed by atoms with Crippen LogP contribution in [0.2, 0.25) is 0 Å². The minimum Gasteiger partial charge on any atom is -0.480 e. The Bertz CT molecular complexity index is 1820. The number of nitrogens with two attached hydrogens (primary N) is 1. The lowest BCUT2D eigenvalue weighted by atomic mass is 9.95. The predicted molar refractivity (Wildman–Crippen MR) is 163 cm³/mol. The summed E-state index contributed by atoms with van der Waals surface area (Å²) in [6.45, 7) is 1.75. The van der Waals surface area contributed by atoms with Crippen LogP contribution in [0.5, 0.6) is 11.9 Å². The van der Waals surface area contributed by atoms with E-state index in [0.717, 1.165) is 12.8 Å². The Morgan fingerprint density at radius 1 is 1.09 bits per heavy atom. The minimum atomic E-state index is -0.945. The van der Waals surface area contributed by atoms with E-state index >= 15 is 4.39 Å². The summed E-state index contributed by atoms with van der Waals surface area (Å²) >= 11 is 0. The number of rotatable bonds is 6. The number of alkyl halides is 1. The van der Waals surface area contributed by atoms with Crippen molar-refractivity contribution >= 4 is 33.2 Å². The van der Waals surface area contributed by atoms with Gasteiger partial charge in [-0.25, -0.2) is 18.2 Å². The standard InChI is InChI=1S/C32H32F3N7O2/c1-4-22-24(34)8-5-16-9-18(36)11-23(25(16)22)28-27(35)29-26(31(38-28)43-3)30(42-13-19-6-7-20(14-42)37-19)40-32(39-29)44-15-21-10-17(33)12-41(21)2/h1,5,8-9,11,17,19-21,37H,6-7,10,12-15,36H2,2-3H3/t17-,19?,20?,21+/m1/s1. The van der Waals surface area contributed by atoms with E-state index < -0.39 is 17.8 Å². The first kappa shape index (κ1) is 28.4. The Hall–Kier alpha value is -4.34. The lowest BCUT2D eigenvalue weighted by Gasteiger charge is -2.34. The predicted octanol–water partition coefficient (Wildman–Crippen LogP) is 4.06. The van der Waals surface area contributed by atoms with E-state index in [1.807, 2.05) is 11.9 Å². The Morgan fingerprint density at radius 3 is 2.55 bits per heavy atom. The van der Waals surface area contributed by atoms with Gasteiger partial charge in [0.1, 0.15) is 41.0 Å². The number of fused-ring (bicyclic) bond motifs is 4. The van der Waals surface area contributed by atoms with Crippen molar-refractivity contribution in [2.45, 2.75) is 43.6 Å². The van der Waals surface area contributed by atoms with E-state index in [2.05, 4.69) is 26.1 Å². The molecule has 2 unspecified atom stereocenters. The summed E-state index contributed by atoms with van der Waals surface area (Å²) < 4.78 is 57.6. The molecule has 12 heteroatoms. The Balaban J connectivity index is 1.44. The van der Waals surface area contributed by atoms with Crippen LogP contribution in [0.15, 0.2) is 24.3 Å². The molecule has 4 aromatic rings. The first-order valence-corrected chi connectivity index (χ1v) is 14.7. The zero-order valence-corrected chi connectivity index (χ0v) is 24.4. The molecule has 9 nitrogen and oxygen atoms in total. The SMILES string of the molecule is C#Cc1c(F)ccc2cc(N)cc(-c3nc(OC)c4c(N5CC6CCC(C5)N6)nc(OC[C@@H]5C[C@@H](F)CN5C)nc4c3F)c12. The summed E-state index contributed by atoms with van der Waals surface area (Å²) in [5, 5.41) is 4.72. The van der Waals surface area contributed by atoms with Gasteiger partial charge in [-0.2, -0.15) is 9.97 Å². The number of likely N-dealkylation sites (N-methyl/N-ethyl adjacent to an activating group) is 1. The van der Waals surface area contributed by atoms with Gasteiger partial charge in [0.25, 0.3) is 0 Å². The maximum Gasteiger partial charge on any atom is 0.319 e. The van der Waals surface area contributed by atoms with Crippen LogP contribution in [0.1, 0.15) is 24.8 Å². The summed E-state index contributed by atoms with van der Waals surface area (Å²) in [6.07, 6.45) is 7.13. The maximum atomic E-state index is 16.9. The molecule has 2 aromatic carbocycles. The van der Waals surface area contributed by atoms with Crippen molar-refractivity contribution in [1.29, 1.82) is 0 Å². The largest absolute Gasteiger partial charge is 0.480 e. The number of nitrogens with one attached hydrogen (secondary N) is 1. The van der Waals surface area contributed by atoms with Crippen molar-refractivity contribution in [3.8, 4) is 35.5 Å². The number of ether oxygens (including phenoxy) is 2. The van der Waals surface area contributed by atoms with Gasteiger partial charge < -0.3 is 25.4 Å². The third kappa shape index (κ3) is 4.80. The summed E-state index contributed by atoms with van der Waals surface area (Å²) in [4.78, 5) is 17.8. The molecule has 3 fully saturated rings. The molecule has 3 N–H and O–H groups in total. The Kier molecular flexibility index (Phi) is 7.10. The van der Waals surface area contributed by atoms with Gasteiger partial charge in [0.05, 0.1) is 12.7 Å². The molecule has 2 bridgehead atoms. The minimum absolute atomic E-state index is 0.0340. The van der Waals surface area contributed by atoms with Crippen LogP contribution in [0.3, 0.4) is 0 Å². The molecule has 0 saturated carbocycles. The van der Waals surface area contributed by atoms with Crippen molar-refractivity contribution in [3.05, 3.63) is 41.5 Å². The second-order valence-electron chi connectivity index (χ2n) is 11.9. The lowest BCUT2D eigenvalue weighted by Crippen LogP contribution is -2.51. The number of hydrogen-bond acceptors (Lipinski definition) is 9. The van der Waals surface area contributed by atoms with Crippen LogP contribution in [0, 0.1) is 24.0 Å². The fourth-order valence-electron chi connectivity index (χ4n) is 6.86. The van der Waals surface area contributed by atoms with Crippen LogP contribution >= 0.6 is 0 Å². The van der Waals surface area contributed by atoms with Gasteiger partial charge in [-0.1, -0.05) is 12.0 Å². The second-order valence-corrected chi connectivity index (χ2v) is 11.9. The molecule has 0 amide bonds. The average Bonchev–Trinajstić information content (AvgIpc) is 3.53. The third-order valence-electron chi connectivity index (χ3n) is 8.95. The molecule has 2 aromatic heterocycles. The van der Waals surface area contributed by atoms with E-state index in [4.69, 9.17) is 26.6 Å². The molecule has 7 rings (SSSR count). The number of nitrogen functional groups attached to an aromatic ring is 1. The molecule has 4 atom stereocenters. The van der Waals surface area contributed by atoms with Crippen molar-refractivity contribution in [2.24, 2.45) is 0 Å². The van der Waals surface area contributed by atoms with E-state index in [1.54, 1.807) is 6.07 Å². The highest BCUT2D eigenvalue weighted by molar-refractivity contribution is 6.04. The van der Waals surface area contributed by atoms with Crippen molar-refractivity contribution < 1.29 is 22.6 Å². The number of benzene rings is 2. The molecule has 3 aliphatic rings. The molecular weight excluding hydrogens is 571 g/mol. The van der Waals surface area contributed by atoms with Gasteiger partial charge in [0.2, 0.25) is 5.88 Å². The van der Waals surface area contributed by atoms with Crippen LogP contribution in [-0.4, -0.2) is 84.5 Å². The topological polar surface area (TPSA) is 102 Å². The van der Waals surface area contributed by atoms with Gasteiger partial charge in [-0.05, 0) is 49.9 Å². The molecule has 3 saturated heterocycles. The zero-order valence-electron chi connectivity index (χ0n) is 24.4. The van der Waals surface area contributed by atoms with Crippen LogP contribution in [-0.2, 0) is 0 Å². The molecule has 3 aliphatic heterocycles. The van der Waals surface area contributed by atoms with E-state index in [1.165, 1.54) is 25.3 Å². The van der Waals surface area contributed by atoms with Gasteiger partial charge in [-0.3, -0.25) is 4.90 Å². The monoisotopic (exact) mass is 603 g/mol. The van der Waals surface area contributed by atoms with Gasteiger partial charge in [0, 0.05) is 54.4 Å². The normalized spacial score (nSPS) is 23.4. The van der Waals surface area contributed by atoms with E-state index in [9.17, 15) is 8.78 Å². The number of terminal acetylenes is 1. The van der Waals surface area contributed by atoms with Crippen molar-refractivity contribution in [3.63, 3.8) is 0 Å². The summed E-state index contributed by atoms with van der Waals surface area (Å²) in [5.74, 6) is 1.51. The number of halogens is 3. The first-order chi connectivity index (χ1) is 21.2. The number of likely N-dealkylation sites (tertiary alicyclic amines) is 1. The molecule has 44 heavy (non-hydrogen) atoms. The fraction of sp³-hybridized carbons (Fsp3) is 0.406. The number of hydrogen-bond donors (Lipinski definition) is 2. The van der Waals surface area contributed by atoms with Crippen molar-refractivity contribution in [2.75, 3.05) is 51.0 Å². The van der Waals surface area contributed by atoms with Gasteiger partial charge in [0.15, 0.2) is 5.82 Å². The molecule has 5 heterocycles. The van der Waals surface area contributed by atoms with Crippen LogP contribution in [0.4, 0.5) is 24.7 Å². The van der Waals surface area contributed by atoms with Crippen molar-refractivity contribution in [1.82, 2.24) is 25.2 Å². The van der Waals surface area contributed by atoms with E-state index in [0.29, 0.717) is 53.7 Å². The quantitative estimate of drug-likeness (QED) is 0.250. The Morgan fingerprint density at radius 2 is 1.86 bits per heavy atom.